The van der Waals surface area contributed by atoms with Gasteiger partial charge in [0, 0.05) is 12.6 Å². The van der Waals surface area contributed by atoms with Crippen LogP contribution in [0.3, 0.4) is 0 Å². The van der Waals surface area contributed by atoms with Crippen LogP contribution in [0.5, 0.6) is 0 Å². The summed E-state index contributed by atoms with van der Waals surface area (Å²) in [6, 6.07) is -0.318. The lowest BCUT2D eigenvalue weighted by atomic mass is 10.1. The van der Waals surface area contributed by atoms with E-state index >= 15 is 0 Å². The highest BCUT2D eigenvalue weighted by Crippen LogP contribution is 2.27. The first-order valence-corrected chi connectivity index (χ1v) is 8.06. The first-order valence-electron chi connectivity index (χ1n) is 6.62. The first-order chi connectivity index (χ1) is 8.98. The summed E-state index contributed by atoms with van der Waals surface area (Å²) in [6.45, 7) is 3.73. The Kier molecular flexibility index (Phi) is 4.27. The van der Waals surface area contributed by atoms with E-state index in [1.54, 1.807) is 13.8 Å². The van der Waals surface area contributed by atoms with E-state index in [1.165, 1.54) is 4.31 Å². The molecule has 2 heterocycles. The number of sulfonamides is 1. The highest BCUT2D eigenvalue weighted by molar-refractivity contribution is 7.89. The van der Waals surface area contributed by atoms with Crippen molar-refractivity contribution in [2.45, 2.75) is 50.5 Å². The van der Waals surface area contributed by atoms with Crippen LogP contribution in [0, 0.1) is 13.8 Å². The summed E-state index contributed by atoms with van der Waals surface area (Å²) in [5, 5.41) is 16.1. The molecular weight excluding hydrogens is 266 g/mol. The van der Waals surface area contributed by atoms with Crippen LogP contribution in [0.4, 0.5) is 0 Å². The van der Waals surface area contributed by atoms with Crippen LogP contribution in [0.1, 0.15) is 37.1 Å². The van der Waals surface area contributed by atoms with Crippen LogP contribution in [-0.2, 0) is 10.0 Å². The zero-order valence-corrected chi connectivity index (χ0v) is 12.2. The molecular formula is C12H21N3O3S. The van der Waals surface area contributed by atoms with Gasteiger partial charge in [0.1, 0.15) is 4.90 Å². The molecule has 0 amide bonds. The standard InChI is InChI=1S/C12H21N3O3S/c1-9-12(10(2)14-13-9)19(17,18)15-7-5-3-4-6-11(15)8-16/h11,16H,3-8H2,1-2H3,(H,13,14). The minimum absolute atomic E-state index is 0.130. The third-order valence-corrected chi connectivity index (χ3v) is 5.88. The quantitative estimate of drug-likeness (QED) is 0.866. The number of aryl methyl sites for hydroxylation is 2. The fourth-order valence-electron chi connectivity index (χ4n) is 2.69. The molecule has 0 saturated carbocycles. The van der Waals surface area contributed by atoms with Crippen molar-refractivity contribution in [2.75, 3.05) is 13.2 Å². The SMILES string of the molecule is Cc1n[nH]c(C)c1S(=O)(=O)N1CCCCCC1CO. The highest BCUT2D eigenvalue weighted by Gasteiger charge is 2.35. The second-order valence-corrected chi connectivity index (χ2v) is 6.89. The molecule has 2 rings (SSSR count). The first kappa shape index (κ1) is 14.5. The minimum atomic E-state index is -3.59. The lowest BCUT2D eigenvalue weighted by Crippen LogP contribution is -2.42. The molecule has 7 heteroatoms. The van der Waals surface area contributed by atoms with Crippen molar-refractivity contribution in [1.82, 2.24) is 14.5 Å². The van der Waals surface area contributed by atoms with E-state index < -0.39 is 10.0 Å². The van der Waals surface area contributed by atoms with Crippen molar-refractivity contribution in [3.05, 3.63) is 11.4 Å². The van der Waals surface area contributed by atoms with Crippen LogP contribution < -0.4 is 0 Å². The third-order valence-electron chi connectivity index (χ3n) is 3.66. The lowest BCUT2D eigenvalue weighted by Gasteiger charge is -2.27. The Hall–Kier alpha value is -0.920. The molecule has 2 N–H and O–H groups in total. The van der Waals surface area contributed by atoms with E-state index in [1.807, 2.05) is 0 Å². The number of aliphatic hydroxyl groups excluding tert-OH is 1. The Bertz CT molecular complexity index is 519. The van der Waals surface area contributed by atoms with Crippen molar-refractivity contribution in [3.63, 3.8) is 0 Å². The van der Waals surface area contributed by atoms with E-state index in [0.29, 0.717) is 24.4 Å². The highest BCUT2D eigenvalue weighted by atomic mass is 32.2. The van der Waals surface area contributed by atoms with E-state index in [0.717, 1.165) is 19.3 Å². The molecule has 0 aromatic carbocycles. The second kappa shape index (κ2) is 5.60. The summed E-state index contributed by atoms with van der Waals surface area (Å²) in [5.74, 6) is 0. The molecule has 1 aliphatic heterocycles. The van der Waals surface area contributed by atoms with Gasteiger partial charge in [-0.15, -0.1) is 0 Å². The summed E-state index contributed by atoms with van der Waals surface area (Å²) in [7, 11) is -3.59. The normalized spacial score (nSPS) is 22.4. The van der Waals surface area contributed by atoms with Gasteiger partial charge in [-0.25, -0.2) is 8.42 Å². The second-order valence-electron chi connectivity index (χ2n) is 5.06. The number of aromatic nitrogens is 2. The minimum Gasteiger partial charge on any atom is -0.395 e. The van der Waals surface area contributed by atoms with Crippen molar-refractivity contribution in [2.24, 2.45) is 0 Å². The molecule has 1 aromatic rings. The number of rotatable bonds is 3. The van der Waals surface area contributed by atoms with Crippen molar-refractivity contribution in [3.8, 4) is 0 Å². The molecule has 0 radical (unpaired) electrons. The van der Waals surface area contributed by atoms with Gasteiger partial charge in [0.2, 0.25) is 10.0 Å². The predicted molar refractivity (Wildman–Crippen MR) is 71.3 cm³/mol. The number of aromatic amines is 1. The summed E-state index contributed by atoms with van der Waals surface area (Å²) < 4.78 is 27.0. The molecule has 1 atom stereocenters. The van der Waals surface area contributed by atoms with Gasteiger partial charge >= 0.3 is 0 Å². The molecule has 1 aliphatic rings. The van der Waals surface area contributed by atoms with E-state index in [2.05, 4.69) is 10.2 Å². The fraction of sp³-hybridized carbons (Fsp3) is 0.750. The Balaban J connectivity index is 2.42. The maximum absolute atomic E-state index is 12.8. The zero-order chi connectivity index (χ0) is 14.0. The Morgan fingerprint density at radius 2 is 2.11 bits per heavy atom. The molecule has 0 spiro atoms. The van der Waals surface area contributed by atoms with E-state index in [9.17, 15) is 13.5 Å². The molecule has 1 fully saturated rings. The Morgan fingerprint density at radius 1 is 1.37 bits per heavy atom. The topological polar surface area (TPSA) is 86.3 Å². The molecule has 1 unspecified atom stereocenters. The van der Waals surface area contributed by atoms with Crippen LogP contribution in [0.25, 0.3) is 0 Å². The molecule has 19 heavy (non-hydrogen) atoms. The number of nitrogens with one attached hydrogen (secondary N) is 1. The third kappa shape index (κ3) is 2.68. The van der Waals surface area contributed by atoms with Gasteiger partial charge < -0.3 is 5.11 Å². The lowest BCUT2D eigenvalue weighted by molar-refractivity contribution is 0.186. The van der Waals surface area contributed by atoms with Crippen molar-refractivity contribution < 1.29 is 13.5 Å². The molecule has 1 saturated heterocycles. The number of aliphatic hydroxyl groups is 1. The van der Waals surface area contributed by atoms with Gasteiger partial charge in [-0.05, 0) is 26.7 Å². The van der Waals surface area contributed by atoms with Crippen LogP contribution in [0.15, 0.2) is 4.90 Å². The number of nitrogens with zero attached hydrogens (tertiary/aromatic N) is 2. The smallest absolute Gasteiger partial charge is 0.247 e. The van der Waals surface area contributed by atoms with Crippen molar-refractivity contribution >= 4 is 10.0 Å². The molecule has 108 valence electrons. The van der Waals surface area contributed by atoms with Crippen LogP contribution >= 0.6 is 0 Å². The Labute approximate surface area is 113 Å². The number of hydrogen-bond acceptors (Lipinski definition) is 4. The average Bonchev–Trinajstić information content (AvgIpc) is 2.59. The number of H-pyrrole nitrogens is 1. The van der Waals surface area contributed by atoms with Gasteiger partial charge in [0.15, 0.2) is 0 Å². The monoisotopic (exact) mass is 287 g/mol. The fourth-order valence-corrected chi connectivity index (χ4v) is 4.71. The molecule has 0 bridgehead atoms. The van der Waals surface area contributed by atoms with E-state index in [-0.39, 0.29) is 17.5 Å². The molecule has 6 nitrogen and oxygen atoms in total. The van der Waals surface area contributed by atoms with E-state index in [4.69, 9.17) is 0 Å². The van der Waals surface area contributed by atoms with Crippen LogP contribution in [0.2, 0.25) is 0 Å². The predicted octanol–water partition coefficient (Wildman–Crippen LogP) is 0.952. The average molecular weight is 287 g/mol. The van der Waals surface area contributed by atoms with Gasteiger partial charge in [0.05, 0.1) is 18.0 Å². The largest absolute Gasteiger partial charge is 0.395 e. The Morgan fingerprint density at radius 3 is 2.68 bits per heavy atom. The molecule has 0 aliphatic carbocycles. The van der Waals surface area contributed by atoms with Gasteiger partial charge in [-0.2, -0.15) is 9.40 Å². The molecule has 1 aromatic heterocycles. The van der Waals surface area contributed by atoms with Gasteiger partial charge in [0.25, 0.3) is 0 Å². The summed E-state index contributed by atoms with van der Waals surface area (Å²) in [6.07, 6.45) is 3.52. The summed E-state index contributed by atoms with van der Waals surface area (Å²) in [5.41, 5.74) is 1.04. The van der Waals surface area contributed by atoms with Crippen molar-refractivity contribution in [1.29, 1.82) is 0 Å². The maximum atomic E-state index is 12.8. The summed E-state index contributed by atoms with van der Waals surface area (Å²) >= 11 is 0. The van der Waals surface area contributed by atoms with Crippen LogP contribution in [-0.4, -0.2) is 47.2 Å². The maximum Gasteiger partial charge on any atom is 0.247 e. The van der Waals surface area contributed by atoms with Gasteiger partial charge in [-0.3, -0.25) is 5.10 Å². The summed E-state index contributed by atoms with van der Waals surface area (Å²) in [4.78, 5) is 0.257. The number of hydrogen-bond donors (Lipinski definition) is 2. The van der Waals surface area contributed by atoms with Gasteiger partial charge in [-0.1, -0.05) is 12.8 Å². The zero-order valence-electron chi connectivity index (χ0n) is 11.4.